The van der Waals surface area contributed by atoms with Crippen LogP contribution in [0.5, 0.6) is 0 Å². The summed E-state index contributed by atoms with van der Waals surface area (Å²) >= 11 is 0. The molecule has 1 heterocycles. The van der Waals surface area contributed by atoms with Crippen molar-refractivity contribution >= 4 is 5.97 Å². The summed E-state index contributed by atoms with van der Waals surface area (Å²) in [7, 11) is 0. The van der Waals surface area contributed by atoms with Gasteiger partial charge in [0, 0.05) is 16.9 Å². The highest BCUT2D eigenvalue weighted by Gasteiger charge is 2.71. The Morgan fingerprint density at radius 3 is 2.96 bits per heavy atom. The van der Waals surface area contributed by atoms with E-state index >= 15 is 0 Å². The largest absolute Gasteiger partial charge is 0.457 e. The van der Waals surface area contributed by atoms with Crippen LogP contribution in [0, 0.1) is 23.2 Å². The van der Waals surface area contributed by atoms with Gasteiger partial charge in [0.2, 0.25) is 0 Å². The van der Waals surface area contributed by atoms with Gasteiger partial charge in [-0.15, -0.1) is 0 Å². The van der Waals surface area contributed by atoms with E-state index in [1.807, 2.05) is 6.92 Å². The average molecular weight is 338 g/mol. The Morgan fingerprint density at radius 1 is 1.42 bits per heavy atom. The number of fused-ring (bicyclic) bond motifs is 2. The van der Waals surface area contributed by atoms with Crippen molar-refractivity contribution in [3.63, 3.8) is 0 Å². The summed E-state index contributed by atoms with van der Waals surface area (Å²) in [5.41, 5.74) is 0.394. The molecule has 0 aromatic heterocycles. The molecule has 1 spiro atoms. The first-order chi connectivity index (χ1) is 11.4. The van der Waals surface area contributed by atoms with Crippen molar-refractivity contribution in [2.75, 3.05) is 6.61 Å². The van der Waals surface area contributed by atoms with Crippen LogP contribution in [0.15, 0.2) is 12.2 Å². The second-order valence-corrected chi connectivity index (χ2v) is 7.90. The minimum Gasteiger partial charge on any atom is -0.457 e. The molecule has 8 atom stereocenters. The fourth-order valence-corrected chi connectivity index (χ4v) is 5.70. The van der Waals surface area contributed by atoms with Crippen LogP contribution < -0.4 is 0 Å². The topological polar surface area (TPSA) is 85.2 Å². The quantitative estimate of drug-likeness (QED) is 0.432. The van der Waals surface area contributed by atoms with Gasteiger partial charge >= 0.3 is 5.97 Å². The van der Waals surface area contributed by atoms with Gasteiger partial charge in [-0.2, -0.15) is 0 Å². The van der Waals surface area contributed by atoms with Gasteiger partial charge in [-0.05, 0) is 43.9 Å². The molecule has 4 rings (SSSR count). The van der Waals surface area contributed by atoms with E-state index in [-0.39, 0.29) is 30.1 Å². The zero-order valence-corrected chi connectivity index (χ0v) is 14.0. The molecular weight excluding hydrogens is 312 g/mol. The van der Waals surface area contributed by atoms with Crippen LogP contribution in [0.3, 0.4) is 0 Å². The summed E-state index contributed by atoms with van der Waals surface area (Å²) in [6.45, 7) is 5.23. The fraction of sp³-hybridized carbons (Fsp3) is 0.833. The average Bonchev–Trinajstić information content (AvgIpc) is 3.06. The molecule has 0 radical (unpaired) electrons. The summed E-state index contributed by atoms with van der Waals surface area (Å²) in [5, 5.41) is 20.4. The first kappa shape index (κ1) is 16.5. The van der Waals surface area contributed by atoms with E-state index in [1.165, 1.54) is 0 Å². The lowest BCUT2D eigenvalue weighted by Crippen LogP contribution is -2.38. The minimum absolute atomic E-state index is 0.0184. The van der Waals surface area contributed by atoms with Crippen LogP contribution in [0.2, 0.25) is 0 Å². The zero-order valence-electron chi connectivity index (χ0n) is 14.0. The third kappa shape index (κ3) is 2.35. The van der Waals surface area contributed by atoms with Crippen molar-refractivity contribution in [3.05, 3.63) is 12.2 Å². The number of carbonyl (C=O) groups excluding carboxylic acids is 1. The van der Waals surface area contributed by atoms with Gasteiger partial charge in [0.25, 0.3) is 0 Å². The molecule has 134 valence electrons. The number of rotatable bonds is 6. The highest BCUT2D eigenvalue weighted by molar-refractivity contribution is 5.87. The molecule has 4 fully saturated rings. The van der Waals surface area contributed by atoms with Gasteiger partial charge in [-0.1, -0.05) is 13.5 Å². The van der Waals surface area contributed by atoms with E-state index in [9.17, 15) is 15.0 Å². The molecule has 0 amide bonds. The van der Waals surface area contributed by atoms with Crippen molar-refractivity contribution in [2.45, 2.75) is 63.8 Å². The lowest BCUT2D eigenvalue weighted by atomic mass is 9.73. The Bertz CT molecular complexity index is 548. The van der Waals surface area contributed by atoms with Crippen LogP contribution in [0.25, 0.3) is 0 Å². The molecule has 2 N–H and O–H groups in total. The van der Waals surface area contributed by atoms with Gasteiger partial charge in [0.1, 0.15) is 6.61 Å². The number of esters is 1. The van der Waals surface area contributed by atoms with Crippen LogP contribution in [0.4, 0.5) is 0 Å². The highest BCUT2D eigenvalue weighted by atomic mass is 16.7. The normalized spacial score (nSPS) is 46.1. The summed E-state index contributed by atoms with van der Waals surface area (Å²) in [6, 6.07) is 0. The number of aliphatic hydroxyl groups excluding tert-OH is 2. The van der Waals surface area contributed by atoms with E-state index < -0.39 is 18.5 Å². The molecule has 3 saturated carbocycles. The second kappa shape index (κ2) is 5.80. The van der Waals surface area contributed by atoms with E-state index in [0.717, 1.165) is 25.7 Å². The third-order valence-electron chi connectivity index (χ3n) is 6.62. The molecule has 6 nitrogen and oxygen atoms in total. The standard InChI is InChI=1S/C18H26O6/c1-3-9(2)16(20)22-8-13(19)23-14-11-4-10-5-12-17(21)24-15(14)18(12,6-10)7-11/h10-15,17,19,21H,2-8H2,1H3. The molecule has 8 unspecified atom stereocenters. The Kier molecular flexibility index (Phi) is 3.99. The first-order valence-electron chi connectivity index (χ1n) is 8.96. The Hall–Kier alpha value is -0.950. The van der Waals surface area contributed by atoms with Gasteiger partial charge in [0.15, 0.2) is 12.6 Å². The van der Waals surface area contributed by atoms with E-state index in [0.29, 0.717) is 23.8 Å². The molecule has 6 heteroatoms. The monoisotopic (exact) mass is 338 g/mol. The van der Waals surface area contributed by atoms with Crippen molar-refractivity contribution in [2.24, 2.45) is 23.2 Å². The van der Waals surface area contributed by atoms with Crippen molar-refractivity contribution < 1.29 is 29.2 Å². The van der Waals surface area contributed by atoms with E-state index in [4.69, 9.17) is 14.2 Å². The van der Waals surface area contributed by atoms with Gasteiger partial charge in [-0.3, -0.25) is 0 Å². The highest BCUT2D eigenvalue weighted by Crippen LogP contribution is 2.69. The van der Waals surface area contributed by atoms with Gasteiger partial charge in [0.05, 0.1) is 12.2 Å². The molecule has 1 saturated heterocycles. The maximum atomic E-state index is 11.6. The lowest BCUT2D eigenvalue weighted by molar-refractivity contribution is -0.211. The fourth-order valence-electron chi connectivity index (χ4n) is 5.70. The maximum Gasteiger partial charge on any atom is 0.333 e. The predicted octanol–water partition coefficient (Wildman–Crippen LogP) is 1.35. The zero-order chi connectivity index (χ0) is 17.1. The summed E-state index contributed by atoms with van der Waals surface area (Å²) in [5.74, 6) is 0.679. The van der Waals surface area contributed by atoms with Crippen molar-refractivity contribution in [3.8, 4) is 0 Å². The van der Waals surface area contributed by atoms with Crippen LogP contribution in [-0.2, 0) is 19.0 Å². The molecule has 0 aromatic rings. The maximum absolute atomic E-state index is 11.6. The number of hydrogen-bond acceptors (Lipinski definition) is 6. The number of ether oxygens (including phenoxy) is 3. The van der Waals surface area contributed by atoms with E-state index in [2.05, 4.69) is 6.58 Å². The Morgan fingerprint density at radius 2 is 2.21 bits per heavy atom. The minimum atomic E-state index is -1.18. The lowest BCUT2D eigenvalue weighted by Gasteiger charge is -2.30. The number of aliphatic hydroxyl groups is 2. The van der Waals surface area contributed by atoms with Gasteiger partial charge < -0.3 is 24.4 Å². The van der Waals surface area contributed by atoms with Crippen LogP contribution in [-0.4, -0.2) is 47.6 Å². The smallest absolute Gasteiger partial charge is 0.333 e. The predicted molar refractivity (Wildman–Crippen MR) is 83.5 cm³/mol. The number of carbonyl (C=O) groups is 1. The van der Waals surface area contributed by atoms with Crippen LogP contribution >= 0.6 is 0 Å². The molecule has 4 aliphatic rings. The molecule has 3 aliphatic carbocycles. The molecule has 3 bridgehead atoms. The first-order valence-corrected chi connectivity index (χ1v) is 8.96. The molecule has 24 heavy (non-hydrogen) atoms. The SMILES string of the molecule is C=C(CC)C(=O)OCC(O)OC1C2CC3CC4C(O)OC1C4(C3)C2. The number of hydrogen-bond donors (Lipinski definition) is 2. The van der Waals surface area contributed by atoms with Crippen molar-refractivity contribution in [1.82, 2.24) is 0 Å². The van der Waals surface area contributed by atoms with Crippen molar-refractivity contribution in [1.29, 1.82) is 0 Å². The molecular formula is C18H26O6. The Labute approximate surface area is 141 Å². The summed E-state index contributed by atoms with van der Waals surface area (Å²) in [4.78, 5) is 11.6. The van der Waals surface area contributed by atoms with E-state index in [1.54, 1.807) is 0 Å². The molecule has 0 aromatic carbocycles. The van der Waals surface area contributed by atoms with Crippen LogP contribution in [0.1, 0.15) is 39.0 Å². The summed E-state index contributed by atoms with van der Waals surface area (Å²) < 4.78 is 16.7. The molecule has 1 aliphatic heterocycles. The van der Waals surface area contributed by atoms with Gasteiger partial charge in [-0.25, -0.2) is 4.79 Å². The third-order valence-corrected chi connectivity index (χ3v) is 6.62. The summed E-state index contributed by atoms with van der Waals surface area (Å²) in [6.07, 6.45) is 2.42. The Balaban J connectivity index is 1.39. The second-order valence-electron chi connectivity index (χ2n) is 7.90.